The average molecular weight is 455 g/mol. The number of anilines is 1. The van der Waals surface area contributed by atoms with Crippen LogP contribution in [0.5, 0.6) is 5.88 Å². The van der Waals surface area contributed by atoms with Gasteiger partial charge in [0.1, 0.15) is 23.5 Å². The summed E-state index contributed by atoms with van der Waals surface area (Å²) >= 11 is 0. The Morgan fingerprint density at radius 2 is 2.03 bits per heavy atom. The van der Waals surface area contributed by atoms with Crippen molar-refractivity contribution in [3.63, 3.8) is 0 Å². The van der Waals surface area contributed by atoms with Gasteiger partial charge in [-0.15, -0.1) is 0 Å². The number of nitrogens with one attached hydrogen (secondary N) is 1. The number of fused-ring (bicyclic) bond motifs is 1. The van der Waals surface area contributed by atoms with Crippen LogP contribution in [-0.2, 0) is 0 Å². The van der Waals surface area contributed by atoms with Gasteiger partial charge in [0.05, 0.1) is 25.5 Å². The molecule has 1 atom stereocenters. The highest BCUT2D eigenvalue weighted by Crippen LogP contribution is 2.39. The van der Waals surface area contributed by atoms with Crippen LogP contribution in [-0.4, -0.2) is 56.5 Å². The number of imidazole rings is 1. The third-order valence-corrected chi connectivity index (χ3v) is 6.57. The second-order valence-electron chi connectivity index (χ2n) is 8.69. The lowest BCUT2D eigenvalue weighted by Gasteiger charge is -2.27. The van der Waals surface area contributed by atoms with E-state index in [2.05, 4.69) is 20.2 Å². The van der Waals surface area contributed by atoms with Gasteiger partial charge in [0.15, 0.2) is 5.65 Å². The number of methoxy groups -OCH3 is 1. The van der Waals surface area contributed by atoms with Crippen molar-refractivity contribution in [3.05, 3.63) is 42.1 Å². The Hall–Kier alpha value is -3.27. The maximum atomic E-state index is 14.0. The molecule has 2 aliphatic rings. The van der Waals surface area contributed by atoms with Crippen molar-refractivity contribution in [1.82, 2.24) is 24.8 Å². The van der Waals surface area contributed by atoms with Gasteiger partial charge in [0.25, 0.3) is 0 Å². The summed E-state index contributed by atoms with van der Waals surface area (Å²) in [6.07, 6.45) is 6.95. The Morgan fingerprint density at radius 1 is 1.21 bits per heavy atom. The molecule has 3 aromatic heterocycles. The minimum Gasteiger partial charge on any atom is -0.481 e. The molecular formula is C23H27FN6O3. The molecule has 9 nitrogen and oxygen atoms in total. The van der Waals surface area contributed by atoms with Gasteiger partial charge in [-0.25, -0.2) is 28.7 Å². The highest BCUT2D eigenvalue weighted by atomic mass is 19.1. The number of aliphatic hydroxyl groups excluding tert-OH is 1. The minimum atomic E-state index is -0.411. The largest absolute Gasteiger partial charge is 0.481 e. The van der Waals surface area contributed by atoms with E-state index in [4.69, 9.17) is 9.72 Å². The third kappa shape index (κ3) is 4.22. The van der Waals surface area contributed by atoms with Gasteiger partial charge in [-0.3, -0.25) is 0 Å². The molecule has 0 spiro atoms. The first-order valence-corrected chi connectivity index (χ1v) is 11.3. The number of pyridine rings is 2. The number of hydrogen-bond acceptors (Lipinski definition) is 7. The van der Waals surface area contributed by atoms with E-state index in [0.717, 1.165) is 38.4 Å². The van der Waals surface area contributed by atoms with Crippen molar-refractivity contribution in [2.24, 2.45) is 0 Å². The van der Waals surface area contributed by atoms with Crippen LogP contribution in [0.3, 0.4) is 0 Å². The van der Waals surface area contributed by atoms with Gasteiger partial charge in [-0.05, 0) is 56.7 Å². The molecule has 4 heterocycles. The molecule has 10 heteroatoms. The number of rotatable bonds is 4. The number of hydrogen-bond donors (Lipinski definition) is 2. The van der Waals surface area contributed by atoms with Crippen LogP contribution in [0.2, 0.25) is 0 Å². The fraction of sp³-hybridized carbons (Fsp3) is 0.478. The molecule has 174 valence electrons. The molecule has 1 saturated heterocycles. The smallest absolute Gasteiger partial charge is 0.328 e. The van der Waals surface area contributed by atoms with Gasteiger partial charge < -0.3 is 20.1 Å². The molecule has 33 heavy (non-hydrogen) atoms. The van der Waals surface area contributed by atoms with Crippen molar-refractivity contribution in [2.45, 2.75) is 56.7 Å². The Balaban J connectivity index is 1.42. The predicted octanol–water partition coefficient (Wildman–Crippen LogP) is 3.18. The monoisotopic (exact) mass is 454 g/mol. The van der Waals surface area contributed by atoms with Crippen molar-refractivity contribution >= 4 is 23.0 Å². The van der Waals surface area contributed by atoms with Crippen molar-refractivity contribution in [2.75, 3.05) is 18.6 Å². The fourth-order valence-corrected chi connectivity index (χ4v) is 4.87. The normalized spacial score (nSPS) is 23.1. The highest BCUT2D eigenvalue weighted by Gasteiger charge is 2.31. The zero-order valence-corrected chi connectivity index (χ0v) is 18.4. The first kappa shape index (κ1) is 21.6. The molecule has 1 aliphatic carbocycles. The molecule has 0 aromatic carbocycles. The van der Waals surface area contributed by atoms with Gasteiger partial charge in [0.2, 0.25) is 5.88 Å². The number of aliphatic hydroxyl groups is 1. The van der Waals surface area contributed by atoms with E-state index in [1.54, 1.807) is 0 Å². The number of ether oxygens (including phenoxy) is 1. The first-order valence-electron chi connectivity index (χ1n) is 11.3. The molecule has 5 rings (SSSR count). The molecule has 0 radical (unpaired) electrons. The molecule has 0 unspecified atom stereocenters. The first-order chi connectivity index (χ1) is 16.0. The third-order valence-electron chi connectivity index (χ3n) is 6.57. The number of amides is 1. The van der Waals surface area contributed by atoms with Crippen LogP contribution in [0, 0.1) is 5.82 Å². The Kier molecular flexibility index (Phi) is 5.84. The second kappa shape index (κ2) is 8.93. The minimum absolute atomic E-state index is 0.0254. The van der Waals surface area contributed by atoms with Crippen LogP contribution >= 0.6 is 0 Å². The molecule has 2 N–H and O–H groups in total. The summed E-state index contributed by atoms with van der Waals surface area (Å²) in [4.78, 5) is 28.2. The lowest BCUT2D eigenvalue weighted by Crippen LogP contribution is -2.40. The number of carbonyl (C=O) groups excluding carboxylic acids is 1. The Labute approximate surface area is 190 Å². The van der Waals surface area contributed by atoms with Crippen molar-refractivity contribution in [1.29, 1.82) is 0 Å². The number of aromatic nitrogens is 4. The van der Waals surface area contributed by atoms with Crippen LogP contribution in [0.1, 0.15) is 50.1 Å². The van der Waals surface area contributed by atoms with Crippen molar-refractivity contribution < 1.29 is 19.0 Å². The summed E-state index contributed by atoms with van der Waals surface area (Å²) in [6, 6.07) is 4.79. The lowest BCUT2D eigenvalue weighted by molar-refractivity contribution is 0.118. The number of nitrogens with zero attached hydrogens (tertiary/aromatic N) is 5. The van der Waals surface area contributed by atoms with Crippen LogP contribution in [0.15, 0.2) is 30.7 Å². The summed E-state index contributed by atoms with van der Waals surface area (Å²) < 4.78 is 20.8. The van der Waals surface area contributed by atoms with Gasteiger partial charge >= 0.3 is 6.03 Å². The summed E-state index contributed by atoms with van der Waals surface area (Å²) in [7, 11) is 1.53. The second-order valence-corrected chi connectivity index (χ2v) is 8.69. The van der Waals surface area contributed by atoms with E-state index in [0.29, 0.717) is 41.3 Å². The van der Waals surface area contributed by atoms with Gasteiger partial charge in [-0.2, -0.15) is 0 Å². The Morgan fingerprint density at radius 3 is 2.82 bits per heavy atom. The van der Waals surface area contributed by atoms with E-state index in [-0.39, 0.29) is 24.2 Å². The van der Waals surface area contributed by atoms with E-state index in [1.807, 2.05) is 12.1 Å². The standard InChI is InChI=1S/C23H27FN6O3/c1-33-22-17(11-14(24)12-25-22)19-3-2-10-29(19)20-9-8-18-21(28-20)30(13-26-18)23(32)27-15-4-6-16(31)7-5-15/h8-9,11-13,15-16,19,31H,2-7,10H2,1H3,(H,27,32)/t15?,16?,19-/m1/s1. The summed E-state index contributed by atoms with van der Waals surface area (Å²) in [6.45, 7) is 0.744. The van der Waals surface area contributed by atoms with Crippen LogP contribution in [0.4, 0.5) is 15.0 Å². The SMILES string of the molecule is COc1ncc(F)cc1[C@H]1CCCN1c1ccc2ncn(C(=O)NC3CCC(O)CC3)c2n1. The highest BCUT2D eigenvalue weighted by molar-refractivity contribution is 5.87. The molecule has 1 aliphatic heterocycles. The van der Waals surface area contributed by atoms with E-state index >= 15 is 0 Å². The molecule has 1 saturated carbocycles. The average Bonchev–Trinajstić information content (AvgIpc) is 3.47. The summed E-state index contributed by atoms with van der Waals surface area (Å²) in [5, 5.41) is 12.7. The zero-order chi connectivity index (χ0) is 22.9. The zero-order valence-electron chi connectivity index (χ0n) is 18.4. The lowest BCUT2D eigenvalue weighted by atomic mass is 9.93. The molecular weight excluding hydrogens is 427 g/mol. The van der Waals surface area contributed by atoms with E-state index in [9.17, 15) is 14.3 Å². The van der Waals surface area contributed by atoms with Gasteiger partial charge in [-0.1, -0.05) is 0 Å². The topological polar surface area (TPSA) is 105 Å². The summed E-state index contributed by atoms with van der Waals surface area (Å²) in [5.41, 5.74) is 1.77. The van der Waals surface area contributed by atoms with E-state index < -0.39 is 5.82 Å². The summed E-state index contributed by atoms with van der Waals surface area (Å²) in [5.74, 6) is 0.675. The van der Waals surface area contributed by atoms with Crippen LogP contribution in [0.25, 0.3) is 11.2 Å². The maximum Gasteiger partial charge on any atom is 0.328 e. The molecule has 2 fully saturated rings. The van der Waals surface area contributed by atoms with Crippen LogP contribution < -0.4 is 15.0 Å². The van der Waals surface area contributed by atoms with Crippen molar-refractivity contribution in [3.8, 4) is 5.88 Å². The van der Waals surface area contributed by atoms with Gasteiger partial charge in [0, 0.05) is 18.2 Å². The van der Waals surface area contributed by atoms with E-state index in [1.165, 1.54) is 24.1 Å². The number of halogens is 1. The molecule has 3 aromatic rings. The maximum absolute atomic E-state index is 14.0. The number of carbonyl (C=O) groups is 1. The molecule has 1 amide bonds. The molecule has 0 bridgehead atoms. The fourth-order valence-electron chi connectivity index (χ4n) is 4.87. The Bertz CT molecular complexity index is 1160. The predicted molar refractivity (Wildman–Crippen MR) is 120 cm³/mol. The quantitative estimate of drug-likeness (QED) is 0.624.